The van der Waals surface area contributed by atoms with Crippen molar-refractivity contribution in [1.82, 2.24) is 59.5 Å². The Morgan fingerprint density at radius 2 is 0.471 bits per heavy atom. The number of carboxylic acid groups (broad SMARTS) is 1. The van der Waals surface area contributed by atoms with E-state index < -0.39 is 115 Å². The average Bonchev–Trinajstić information content (AvgIpc) is 1.58. The van der Waals surface area contributed by atoms with Crippen molar-refractivity contribution in [2.24, 2.45) is 42.9 Å². The second-order valence-corrected chi connectivity index (χ2v) is 36.7. The smallest absolute Gasteiger partial charge is 0.306 e. The van der Waals surface area contributed by atoms with E-state index in [1.165, 1.54) is 295 Å². The van der Waals surface area contributed by atoms with Crippen molar-refractivity contribution in [3.63, 3.8) is 0 Å². The van der Waals surface area contributed by atoms with Crippen LogP contribution in [0.3, 0.4) is 0 Å². The van der Waals surface area contributed by atoms with Crippen LogP contribution >= 0.6 is 0 Å². The molecule has 4 atom stereocenters. The summed E-state index contributed by atoms with van der Waals surface area (Å²) in [6.07, 6.45) is 9.38. The minimum atomic E-state index is -3.74. The quantitative estimate of drug-likeness (QED) is 0.0309. The maximum absolute atomic E-state index is 14.8. The molecule has 4 aliphatic rings. The number of aromatic nitrogens is 8. The van der Waals surface area contributed by atoms with Gasteiger partial charge in [0.05, 0.1) is 75.7 Å². The van der Waals surface area contributed by atoms with Crippen molar-refractivity contribution >= 4 is 93.9 Å². The molecule has 0 saturated carbocycles. The predicted octanol–water partition coefficient (Wildman–Crippen LogP) is 6.73. The summed E-state index contributed by atoms with van der Waals surface area (Å²) in [4.78, 5) is 118. The topological polar surface area (TPSA) is 586 Å². The number of carboxylic acids is 1. The lowest BCUT2D eigenvalue weighted by molar-refractivity contribution is -0.134. The number of rotatable bonds is 24. The van der Waals surface area contributed by atoms with Crippen LogP contribution < -0.4 is 58.6 Å². The van der Waals surface area contributed by atoms with Gasteiger partial charge in [-0.05, 0) is 142 Å². The van der Waals surface area contributed by atoms with Crippen molar-refractivity contribution in [2.45, 2.75) is 29.1 Å². The summed E-state index contributed by atoms with van der Waals surface area (Å²) >= 11 is 0. The largest absolute Gasteiger partial charge is 0.481 e. The second-order valence-electron chi connectivity index (χ2n) is 30.4. The number of ether oxygens (including phenoxy) is 4. The van der Waals surface area contributed by atoms with Gasteiger partial charge in [0, 0.05) is 84.2 Å². The number of likely N-dealkylation sites (N-methyl/N-ethyl adjacent to an activating group) is 4. The Morgan fingerprint density at radius 1 is 0.307 bits per heavy atom. The van der Waals surface area contributed by atoms with Gasteiger partial charge in [-0.3, -0.25) is 43.6 Å². The molecular weight excluding hydrogens is 1920 g/mol. The monoisotopic (exact) mass is 2000 g/mol. The van der Waals surface area contributed by atoms with E-state index in [1.54, 1.807) is 0 Å². The van der Waals surface area contributed by atoms with E-state index in [0.29, 0.717) is 44.5 Å². The Morgan fingerprint density at radius 3 is 0.614 bits per heavy atom. The highest BCUT2D eigenvalue weighted by molar-refractivity contribution is 7.87. The molecule has 728 valence electrons. The lowest BCUT2D eigenvalue weighted by Gasteiger charge is -2.26. The first-order valence-corrected chi connectivity index (χ1v) is 47.6. The van der Waals surface area contributed by atoms with Crippen LogP contribution in [0.1, 0.15) is 51.4 Å². The van der Waals surface area contributed by atoms with Gasteiger partial charge in [-0.25, -0.2) is 57.5 Å². The van der Waals surface area contributed by atoms with Crippen LogP contribution in [-0.4, -0.2) is 233 Å². The molecule has 8 aromatic carbocycles. The van der Waals surface area contributed by atoms with E-state index in [-0.39, 0.29) is 116 Å². The third-order valence-electron chi connectivity index (χ3n) is 20.9. The molecule has 0 fully saturated rings. The number of carbonyl (C=O) groups is 5. The summed E-state index contributed by atoms with van der Waals surface area (Å²) in [5.41, 5.74) is 20.2. The molecule has 4 aromatic heterocycles. The van der Waals surface area contributed by atoms with Crippen LogP contribution in [0.2, 0.25) is 0 Å². The summed E-state index contributed by atoms with van der Waals surface area (Å²) in [6, 6.07) is 45.4. The van der Waals surface area contributed by atoms with Gasteiger partial charge in [0.1, 0.15) is 46.3 Å². The minimum Gasteiger partial charge on any atom is -0.481 e. The lowest BCUT2D eigenvalue weighted by atomic mass is 9.82. The number of carbonyl (C=O) groups excluding carboxylic acids is 4. The van der Waals surface area contributed by atoms with E-state index in [2.05, 4.69) is 59.8 Å². The normalized spacial score (nSPS) is 17.7. The number of benzene rings is 8. The van der Waals surface area contributed by atoms with Crippen molar-refractivity contribution in [2.75, 3.05) is 81.7 Å². The third-order valence-corrected chi connectivity index (χ3v) is 22.9. The fourth-order valence-corrected chi connectivity index (χ4v) is 16.3. The minimum absolute atomic E-state index is 0.0314. The molecule has 0 radical (unpaired) electrons. The first-order valence-electron chi connectivity index (χ1n) is 40.4. The number of guanidine groups is 4. The Hall–Kier alpha value is -16.8. The van der Waals surface area contributed by atoms with E-state index in [0.717, 1.165) is 31.9 Å². The van der Waals surface area contributed by atoms with E-state index in [4.69, 9.17) is 68.5 Å². The second kappa shape index (κ2) is 40.6. The molecule has 9 N–H and O–H groups in total. The van der Waals surface area contributed by atoms with E-state index in [1.807, 2.05) is 0 Å². The van der Waals surface area contributed by atoms with Crippen LogP contribution in [0.15, 0.2) is 239 Å². The molecule has 0 bridgehead atoms. The number of aliphatic carboxylic acids is 1. The van der Waals surface area contributed by atoms with Gasteiger partial charge in [0.15, 0.2) is 69.3 Å². The highest BCUT2D eigenvalue weighted by Gasteiger charge is 2.54. The Labute approximate surface area is 797 Å². The molecule has 50 heteroatoms. The average molecular weight is 2000 g/mol. The number of nitrogens with two attached hydrogens (primary N) is 4. The number of methoxy groups -OCH3 is 4. The molecule has 12 aromatic rings. The number of hydrogen-bond donors (Lipinski definition) is 5. The Balaban J connectivity index is 0.000000165. The summed E-state index contributed by atoms with van der Waals surface area (Å²) in [6.45, 7) is 1.08. The van der Waals surface area contributed by atoms with Crippen molar-refractivity contribution < 1.29 is 116 Å². The van der Waals surface area contributed by atoms with E-state index >= 15 is 0 Å². The zero-order valence-electron chi connectivity index (χ0n) is 75.9. The first kappa shape index (κ1) is 102. The van der Waals surface area contributed by atoms with Gasteiger partial charge in [-0.1, -0.05) is 72.8 Å². The molecule has 4 amide bonds. The SMILES string of the molecule is CC(=O)O.COc1ccnc(-c2cc(C3(c4ccc(OS(C)(=O)=O)cc4)N=C(N)N(C)C3=O)ccc2F)n1.COc1ccnc(-c2cc(C3(c4ccc(OS(C)(=O)=O)cc4)N=C(N)N(C)C3=O)ccc2F)n1.COc1ccnc(-c2cc(C3(c4ccc(OS(C)(=O)=O)cc4)N=C(N)N(C)C3=O)ccc2F)n1.COc1ccnc(-c2cc(C3(c4ccc(OS(C)(=O)=O)cc4)N=C(N)N(C)C3=O)ccc2F)n1. The van der Waals surface area contributed by atoms with Gasteiger partial charge < -0.3 is 63.7 Å². The zero-order chi connectivity index (χ0) is 102. The van der Waals surface area contributed by atoms with Gasteiger partial charge in [0.25, 0.3) is 29.6 Å². The first-order chi connectivity index (χ1) is 65.9. The van der Waals surface area contributed by atoms with Crippen molar-refractivity contribution in [3.8, 4) is 92.1 Å². The van der Waals surface area contributed by atoms with Crippen LogP contribution in [0.5, 0.6) is 46.5 Å². The number of hydrogen-bond acceptors (Lipinski definition) is 37. The number of amides is 4. The molecule has 16 rings (SSSR count). The highest BCUT2D eigenvalue weighted by Crippen LogP contribution is 2.47. The van der Waals surface area contributed by atoms with Crippen LogP contribution in [0, 0.1) is 23.3 Å². The number of halogens is 4. The molecule has 8 heterocycles. The van der Waals surface area contributed by atoms with Crippen molar-refractivity contribution in [1.29, 1.82) is 0 Å². The van der Waals surface area contributed by atoms with Crippen LogP contribution in [0.25, 0.3) is 45.6 Å². The maximum atomic E-state index is 14.8. The molecule has 0 saturated heterocycles. The summed E-state index contributed by atoms with van der Waals surface area (Å²) in [5, 5.41) is 7.42. The predicted molar refractivity (Wildman–Crippen MR) is 498 cm³/mol. The third kappa shape index (κ3) is 21.8. The molecule has 42 nitrogen and oxygen atoms in total. The summed E-state index contributed by atoms with van der Waals surface area (Å²) < 4.78 is 191. The number of aliphatic imine (C=N–C) groups is 4. The molecule has 4 aliphatic heterocycles. The van der Waals surface area contributed by atoms with Crippen LogP contribution in [-0.2, 0) is 86.6 Å². The number of nitrogens with zero attached hydrogens (tertiary/aromatic N) is 16. The maximum Gasteiger partial charge on any atom is 0.306 e. The summed E-state index contributed by atoms with van der Waals surface area (Å²) in [5.74, 6) is -3.93. The van der Waals surface area contributed by atoms with Gasteiger partial charge in [0.2, 0.25) is 23.5 Å². The van der Waals surface area contributed by atoms with Crippen molar-refractivity contribution in [3.05, 3.63) is 287 Å². The molecular formula is C90H84F4N20O22S4. The Bertz CT molecular complexity index is 6630. The van der Waals surface area contributed by atoms with Crippen LogP contribution in [0.4, 0.5) is 17.6 Å². The molecule has 0 spiro atoms. The molecule has 140 heavy (non-hydrogen) atoms. The fourth-order valence-electron chi connectivity index (χ4n) is 14.5. The van der Waals surface area contributed by atoms with Gasteiger partial charge in [-0.2, -0.15) is 53.6 Å². The Kier molecular flexibility index (Phi) is 29.7. The standard InChI is InChI=1S/4C22H20FN5O5S.C2H4O2/c4*1-28-20(29)22(27-21(28)24,13-4-7-15(8-5-13)33-34(3,30)31)14-6-9-17(23)16(12-14)19-25-11-10-18(26-19)32-2;1-2(3)4/h4*4-12H,1-3H3,(H2,24,27);1H3,(H,3,4). The zero-order valence-corrected chi connectivity index (χ0v) is 79.2. The highest BCUT2D eigenvalue weighted by atomic mass is 32.2. The van der Waals surface area contributed by atoms with E-state index in [9.17, 15) is 70.4 Å². The molecule has 4 unspecified atom stereocenters. The summed E-state index contributed by atoms with van der Waals surface area (Å²) in [7, 11) is -3.37. The van der Waals surface area contributed by atoms with Gasteiger partial charge in [-0.15, -0.1) is 0 Å². The fraction of sp³-hybridized carbons (Fsp3) is 0.189. The molecule has 0 aliphatic carbocycles. The van der Waals surface area contributed by atoms with Gasteiger partial charge >= 0.3 is 40.5 Å². The lowest BCUT2D eigenvalue weighted by Crippen LogP contribution is -2.41.